The molecular formula is C12H12N2S. The standard InChI is InChI=1S/C12H12N2S/c1-12(2)7-15-11-10-8(6-13-14-11)4-3-5-9(10)12/h3-6H,7H2,1-2H3. The van der Waals surface area contributed by atoms with E-state index < -0.39 is 0 Å². The van der Waals surface area contributed by atoms with Crippen LogP contribution in [-0.2, 0) is 5.41 Å². The van der Waals surface area contributed by atoms with Crippen molar-refractivity contribution in [3.63, 3.8) is 0 Å². The smallest absolute Gasteiger partial charge is 0.127 e. The van der Waals surface area contributed by atoms with Gasteiger partial charge in [-0.2, -0.15) is 5.10 Å². The van der Waals surface area contributed by atoms with Gasteiger partial charge in [0.25, 0.3) is 0 Å². The van der Waals surface area contributed by atoms with Gasteiger partial charge in [0, 0.05) is 16.5 Å². The second kappa shape index (κ2) is 2.95. The molecule has 1 aromatic heterocycles. The minimum absolute atomic E-state index is 0.236. The van der Waals surface area contributed by atoms with E-state index in [1.807, 2.05) is 18.0 Å². The first-order valence-corrected chi connectivity index (χ1v) is 6.05. The summed E-state index contributed by atoms with van der Waals surface area (Å²) in [6, 6.07) is 6.44. The first-order valence-electron chi connectivity index (χ1n) is 5.06. The maximum atomic E-state index is 4.22. The topological polar surface area (TPSA) is 25.8 Å². The molecule has 0 atom stereocenters. The molecule has 0 bridgehead atoms. The van der Waals surface area contributed by atoms with Crippen LogP contribution in [0.1, 0.15) is 19.4 Å². The molecule has 0 spiro atoms. The molecule has 1 aliphatic rings. The molecule has 3 heteroatoms. The molecule has 0 fully saturated rings. The molecule has 0 radical (unpaired) electrons. The van der Waals surface area contributed by atoms with E-state index >= 15 is 0 Å². The number of benzene rings is 1. The van der Waals surface area contributed by atoms with Crippen LogP contribution in [0.3, 0.4) is 0 Å². The number of rotatable bonds is 0. The van der Waals surface area contributed by atoms with Gasteiger partial charge in [0.05, 0.1) is 6.20 Å². The van der Waals surface area contributed by atoms with Crippen molar-refractivity contribution >= 4 is 22.5 Å². The van der Waals surface area contributed by atoms with Crippen molar-refractivity contribution < 1.29 is 0 Å². The van der Waals surface area contributed by atoms with Gasteiger partial charge in [-0.15, -0.1) is 16.9 Å². The summed E-state index contributed by atoms with van der Waals surface area (Å²) in [6.07, 6.45) is 1.85. The van der Waals surface area contributed by atoms with E-state index in [9.17, 15) is 0 Å². The van der Waals surface area contributed by atoms with Gasteiger partial charge in [-0.1, -0.05) is 32.0 Å². The fraction of sp³-hybridized carbons (Fsp3) is 0.333. The Hall–Kier alpha value is -1.09. The van der Waals surface area contributed by atoms with Crippen LogP contribution < -0.4 is 0 Å². The Morgan fingerprint density at radius 2 is 2.20 bits per heavy atom. The molecule has 76 valence electrons. The van der Waals surface area contributed by atoms with Crippen molar-refractivity contribution in [1.29, 1.82) is 0 Å². The Morgan fingerprint density at radius 3 is 3.07 bits per heavy atom. The van der Waals surface area contributed by atoms with Gasteiger partial charge < -0.3 is 0 Å². The quantitative estimate of drug-likeness (QED) is 0.677. The Bertz CT molecular complexity index is 529. The first-order chi connectivity index (χ1) is 7.18. The second-order valence-electron chi connectivity index (χ2n) is 4.59. The van der Waals surface area contributed by atoms with E-state index in [0.717, 1.165) is 10.8 Å². The Kier molecular flexibility index (Phi) is 1.80. The summed E-state index contributed by atoms with van der Waals surface area (Å²) in [5.41, 5.74) is 1.64. The number of aromatic nitrogens is 2. The van der Waals surface area contributed by atoms with E-state index in [0.29, 0.717) is 0 Å². The van der Waals surface area contributed by atoms with Crippen LogP contribution in [0.2, 0.25) is 0 Å². The third kappa shape index (κ3) is 1.26. The van der Waals surface area contributed by atoms with Gasteiger partial charge in [0.15, 0.2) is 0 Å². The molecule has 0 amide bonds. The lowest BCUT2D eigenvalue weighted by molar-refractivity contribution is 0.601. The van der Waals surface area contributed by atoms with E-state index in [1.54, 1.807) is 0 Å². The first kappa shape index (κ1) is 9.16. The highest BCUT2D eigenvalue weighted by atomic mass is 32.2. The Morgan fingerprint density at radius 1 is 1.33 bits per heavy atom. The maximum Gasteiger partial charge on any atom is 0.127 e. The van der Waals surface area contributed by atoms with Gasteiger partial charge in [-0.05, 0) is 11.0 Å². The average molecular weight is 216 g/mol. The zero-order valence-electron chi connectivity index (χ0n) is 8.82. The van der Waals surface area contributed by atoms with Gasteiger partial charge in [0.1, 0.15) is 5.03 Å². The summed E-state index contributed by atoms with van der Waals surface area (Å²) in [5, 5.41) is 11.8. The van der Waals surface area contributed by atoms with Crippen LogP contribution in [0.4, 0.5) is 0 Å². The summed E-state index contributed by atoms with van der Waals surface area (Å²) in [4.78, 5) is 0. The van der Waals surface area contributed by atoms with Crippen molar-refractivity contribution in [2.24, 2.45) is 0 Å². The van der Waals surface area contributed by atoms with Crippen LogP contribution in [0.15, 0.2) is 29.4 Å². The van der Waals surface area contributed by atoms with E-state index in [2.05, 4.69) is 42.2 Å². The summed E-state index contributed by atoms with van der Waals surface area (Å²) in [5.74, 6) is 1.08. The Balaban J connectivity index is 2.47. The van der Waals surface area contributed by atoms with Crippen molar-refractivity contribution in [2.45, 2.75) is 24.3 Å². The van der Waals surface area contributed by atoms with Crippen LogP contribution >= 0.6 is 11.8 Å². The average Bonchev–Trinajstić information content (AvgIpc) is 2.24. The largest absolute Gasteiger partial charge is 0.157 e. The molecule has 2 aromatic rings. The molecule has 0 aliphatic carbocycles. The molecule has 0 N–H and O–H groups in total. The number of thioether (sulfide) groups is 1. The van der Waals surface area contributed by atoms with Crippen molar-refractivity contribution in [3.05, 3.63) is 30.0 Å². The van der Waals surface area contributed by atoms with Gasteiger partial charge in [-0.25, -0.2) is 0 Å². The van der Waals surface area contributed by atoms with Crippen molar-refractivity contribution in [1.82, 2.24) is 10.2 Å². The summed E-state index contributed by atoms with van der Waals surface area (Å²) >= 11 is 1.81. The van der Waals surface area contributed by atoms with Crippen molar-refractivity contribution in [3.8, 4) is 0 Å². The lowest BCUT2D eigenvalue weighted by Crippen LogP contribution is -2.24. The lowest BCUT2D eigenvalue weighted by atomic mass is 9.84. The molecule has 2 heterocycles. The zero-order chi connectivity index (χ0) is 10.5. The molecule has 2 nitrogen and oxygen atoms in total. The molecule has 0 unspecified atom stereocenters. The van der Waals surface area contributed by atoms with Crippen LogP contribution in [-0.4, -0.2) is 16.0 Å². The van der Waals surface area contributed by atoms with Gasteiger partial charge in [0.2, 0.25) is 0 Å². The highest BCUT2D eigenvalue weighted by molar-refractivity contribution is 7.99. The lowest BCUT2D eigenvalue weighted by Gasteiger charge is -2.30. The highest BCUT2D eigenvalue weighted by Gasteiger charge is 2.29. The predicted molar refractivity (Wildman–Crippen MR) is 63.3 cm³/mol. The van der Waals surface area contributed by atoms with Crippen LogP contribution in [0, 0.1) is 0 Å². The molecule has 0 saturated heterocycles. The van der Waals surface area contributed by atoms with Crippen LogP contribution in [0.5, 0.6) is 0 Å². The third-order valence-electron chi connectivity index (χ3n) is 2.95. The van der Waals surface area contributed by atoms with Gasteiger partial charge in [-0.3, -0.25) is 0 Å². The molecule has 1 aromatic carbocycles. The molecule has 0 saturated carbocycles. The summed E-state index contributed by atoms with van der Waals surface area (Å²) in [6.45, 7) is 4.58. The minimum atomic E-state index is 0.236. The SMILES string of the molecule is CC1(C)CSc2nncc3cccc1c23. The highest BCUT2D eigenvalue weighted by Crippen LogP contribution is 2.42. The predicted octanol–water partition coefficient (Wildman–Crippen LogP) is 3.01. The molecular weight excluding hydrogens is 204 g/mol. The van der Waals surface area contributed by atoms with Crippen LogP contribution in [0.25, 0.3) is 10.8 Å². The second-order valence-corrected chi connectivity index (χ2v) is 5.56. The normalized spacial score (nSPS) is 18.0. The third-order valence-corrected chi connectivity index (χ3v) is 4.38. The fourth-order valence-corrected chi connectivity index (χ4v) is 3.23. The van der Waals surface area contributed by atoms with E-state index in [-0.39, 0.29) is 5.41 Å². The summed E-state index contributed by atoms with van der Waals surface area (Å²) < 4.78 is 0. The molecule has 3 rings (SSSR count). The van der Waals surface area contributed by atoms with Gasteiger partial charge >= 0.3 is 0 Å². The van der Waals surface area contributed by atoms with E-state index in [1.165, 1.54) is 16.3 Å². The van der Waals surface area contributed by atoms with Crippen molar-refractivity contribution in [2.75, 3.05) is 5.75 Å². The maximum absolute atomic E-state index is 4.22. The number of hydrogen-bond acceptors (Lipinski definition) is 3. The number of nitrogens with zero attached hydrogens (tertiary/aromatic N) is 2. The number of hydrogen-bond donors (Lipinski definition) is 0. The molecule has 15 heavy (non-hydrogen) atoms. The zero-order valence-corrected chi connectivity index (χ0v) is 9.64. The minimum Gasteiger partial charge on any atom is -0.157 e. The monoisotopic (exact) mass is 216 g/mol. The fourth-order valence-electron chi connectivity index (χ4n) is 2.10. The molecule has 1 aliphatic heterocycles. The Labute approximate surface area is 93.1 Å². The summed E-state index contributed by atoms with van der Waals surface area (Å²) in [7, 11) is 0. The van der Waals surface area contributed by atoms with E-state index in [4.69, 9.17) is 0 Å².